The summed E-state index contributed by atoms with van der Waals surface area (Å²) in [7, 11) is 0. The highest BCUT2D eigenvalue weighted by atomic mass is 35.5. The third-order valence-electron chi connectivity index (χ3n) is 5.19. The van der Waals surface area contributed by atoms with Crippen molar-refractivity contribution in [2.75, 3.05) is 36.4 Å². The summed E-state index contributed by atoms with van der Waals surface area (Å²) in [6, 6.07) is 1.70. The van der Waals surface area contributed by atoms with Crippen LogP contribution < -0.4 is 20.9 Å². The topological polar surface area (TPSA) is 125 Å². The van der Waals surface area contributed by atoms with Gasteiger partial charge >= 0.3 is 6.18 Å². The van der Waals surface area contributed by atoms with Crippen molar-refractivity contribution in [2.45, 2.75) is 19.1 Å². The van der Waals surface area contributed by atoms with Crippen molar-refractivity contribution in [1.29, 1.82) is 0 Å². The third kappa shape index (κ3) is 6.06. The fourth-order valence-electron chi connectivity index (χ4n) is 3.37. The van der Waals surface area contributed by atoms with Gasteiger partial charge in [0.25, 0.3) is 11.8 Å². The molecule has 0 bridgehead atoms. The van der Waals surface area contributed by atoms with Crippen molar-refractivity contribution in [3.05, 3.63) is 57.0 Å². The average Bonchev–Trinajstić information content (AvgIpc) is 3.36. The molecule has 10 nitrogen and oxygen atoms in total. The lowest BCUT2D eigenvalue weighted by Gasteiger charge is -2.28. The van der Waals surface area contributed by atoms with E-state index in [9.17, 15) is 22.8 Å². The smallest absolute Gasteiger partial charge is 0.354 e. The highest BCUT2D eigenvalue weighted by molar-refractivity contribution is 7.13. The van der Waals surface area contributed by atoms with Gasteiger partial charge in [0.1, 0.15) is 33.5 Å². The molecule has 15 heteroatoms. The number of aromatic nitrogens is 4. The van der Waals surface area contributed by atoms with E-state index < -0.39 is 34.6 Å². The number of rotatable bonds is 6. The van der Waals surface area contributed by atoms with Crippen molar-refractivity contribution in [2.24, 2.45) is 0 Å². The Kier molecular flexibility index (Phi) is 7.66. The van der Waals surface area contributed by atoms with E-state index in [-0.39, 0.29) is 16.4 Å². The van der Waals surface area contributed by atoms with Gasteiger partial charge in [0.05, 0.1) is 22.8 Å². The summed E-state index contributed by atoms with van der Waals surface area (Å²) in [5.41, 5.74) is -0.921. The van der Waals surface area contributed by atoms with Gasteiger partial charge in [0.15, 0.2) is 0 Å². The summed E-state index contributed by atoms with van der Waals surface area (Å²) in [5.74, 6) is -0.789. The van der Waals surface area contributed by atoms with E-state index in [1.165, 1.54) is 12.5 Å². The van der Waals surface area contributed by atoms with Gasteiger partial charge in [-0.05, 0) is 13.0 Å². The number of amides is 2. The Morgan fingerprint density at radius 3 is 2.58 bits per heavy atom. The number of piperazine rings is 1. The molecule has 3 aromatic heterocycles. The molecule has 4 rings (SSSR count). The van der Waals surface area contributed by atoms with Gasteiger partial charge in [-0.3, -0.25) is 9.59 Å². The summed E-state index contributed by atoms with van der Waals surface area (Å²) >= 11 is 6.54. The lowest BCUT2D eigenvalue weighted by Crippen LogP contribution is -2.44. The number of hydrogen-bond acceptors (Lipinski definition) is 9. The predicted molar refractivity (Wildman–Crippen MR) is 127 cm³/mol. The molecule has 0 aliphatic carbocycles. The summed E-state index contributed by atoms with van der Waals surface area (Å²) in [6.45, 7) is 4.86. The van der Waals surface area contributed by atoms with Crippen molar-refractivity contribution in [1.82, 2.24) is 30.6 Å². The van der Waals surface area contributed by atoms with Crippen LogP contribution in [0.1, 0.15) is 43.7 Å². The van der Waals surface area contributed by atoms with E-state index in [2.05, 4.69) is 40.8 Å². The predicted octanol–water partition coefficient (Wildman–Crippen LogP) is 3.15. The minimum Gasteiger partial charge on any atom is -0.354 e. The second kappa shape index (κ2) is 10.7. The number of hydrogen-bond donors (Lipinski definition) is 3. The van der Waals surface area contributed by atoms with Crippen molar-refractivity contribution >= 4 is 46.4 Å². The maximum atomic E-state index is 13.0. The monoisotopic (exact) mass is 540 g/mol. The molecule has 1 atom stereocenters. The number of carbonyl (C=O) groups is 2. The van der Waals surface area contributed by atoms with Crippen LogP contribution >= 0.6 is 22.9 Å². The first-order valence-corrected chi connectivity index (χ1v) is 11.9. The highest BCUT2D eigenvalue weighted by Gasteiger charge is 2.34. The molecule has 1 aliphatic heterocycles. The number of halogens is 4. The Balaban J connectivity index is 1.40. The zero-order valence-electron chi connectivity index (χ0n) is 18.8. The average molecular weight is 541 g/mol. The number of nitrogens with one attached hydrogen (secondary N) is 3. The van der Waals surface area contributed by atoms with Gasteiger partial charge in [-0.15, -0.1) is 11.3 Å². The molecule has 1 fully saturated rings. The number of thiazole rings is 1. The molecule has 3 aromatic rings. The molecule has 190 valence electrons. The maximum Gasteiger partial charge on any atom is 0.418 e. The molecule has 0 aromatic carbocycles. The Hall–Kier alpha value is -3.36. The normalized spacial score (nSPS) is 14.9. The third-order valence-corrected chi connectivity index (χ3v) is 6.67. The number of nitrogens with zero attached hydrogens (tertiary/aromatic N) is 5. The molecule has 0 spiro atoms. The van der Waals surface area contributed by atoms with E-state index in [1.54, 1.807) is 13.0 Å². The van der Waals surface area contributed by atoms with Crippen LogP contribution in [0.25, 0.3) is 0 Å². The second-order valence-corrected chi connectivity index (χ2v) is 9.23. The zero-order valence-corrected chi connectivity index (χ0v) is 20.3. The first-order chi connectivity index (χ1) is 17.1. The van der Waals surface area contributed by atoms with Crippen LogP contribution in [-0.4, -0.2) is 57.9 Å². The Morgan fingerprint density at radius 2 is 1.86 bits per heavy atom. The standard InChI is InChI=1S/C21H20ClF3N8O2S/c1-11(31-18(34)14-7-17(30-10-29-14)33-4-2-26-3-5-33)20-28-9-15(36-20)19(35)32-16-6-12(21(23,24)25)13(22)8-27-16/h6-11,26H,2-5H2,1H3,(H,31,34)(H,27,32,35). The minimum absolute atomic E-state index is 0.124. The molecule has 3 N–H and O–H groups in total. The largest absolute Gasteiger partial charge is 0.418 e. The molecule has 1 unspecified atom stereocenters. The van der Waals surface area contributed by atoms with Crippen molar-refractivity contribution < 1.29 is 22.8 Å². The lowest BCUT2D eigenvalue weighted by atomic mass is 10.2. The van der Waals surface area contributed by atoms with E-state index in [0.29, 0.717) is 16.9 Å². The molecule has 1 aliphatic rings. The first kappa shape index (κ1) is 25.7. The number of carbonyl (C=O) groups excluding carboxylic acids is 2. The zero-order chi connectivity index (χ0) is 25.9. The lowest BCUT2D eigenvalue weighted by molar-refractivity contribution is -0.137. The molecular weight excluding hydrogens is 521 g/mol. The van der Waals surface area contributed by atoms with E-state index >= 15 is 0 Å². The molecule has 4 heterocycles. The Bertz CT molecular complexity index is 1270. The number of anilines is 2. The van der Waals surface area contributed by atoms with Crippen LogP contribution in [0.5, 0.6) is 0 Å². The second-order valence-electron chi connectivity index (χ2n) is 7.76. The van der Waals surface area contributed by atoms with E-state index in [0.717, 1.165) is 43.7 Å². The Labute approximate surface area is 212 Å². The van der Waals surface area contributed by atoms with Crippen LogP contribution in [0, 0.1) is 0 Å². The van der Waals surface area contributed by atoms with Crippen LogP contribution in [0.15, 0.2) is 30.9 Å². The van der Waals surface area contributed by atoms with Crippen molar-refractivity contribution in [3.8, 4) is 0 Å². The molecule has 36 heavy (non-hydrogen) atoms. The summed E-state index contributed by atoms with van der Waals surface area (Å²) < 4.78 is 39.1. The molecule has 1 saturated heterocycles. The van der Waals surface area contributed by atoms with Gasteiger partial charge in [-0.25, -0.2) is 19.9 Å². The van der Waals surface area contributed by atoms with E-state index in [4.69, 9.17) is 11.6 Å². The van der Waals surface area contributed by atoms with E-state index in [1.807, 2.05) is 0 Å². The van der Waals surface area contributed by atoms with Gasteiger partial charge in [0, 0.05) is 38.4 Å². The van der Waals surface area contributed by atoms with Gasteiger partial charge in [0.2, 0.25) is 0 Å². The summed E-state index contributed by atoms with van der Waals surface area (Å²) in [4.78, 5) is 43.6. The van der Waals surface area contributed by atoms with Gasteiger partial charge in [-0.2, -0.15) is 13.2 Å². The highest BCUT2D eigenvalue weighted by Crippen LogP contribution is 2.35. The number of pyridine rings is 1. The van der Waals surface area contributed by atoms with Gasteiger partial charge < -0.3 is 20.9 Å². The van der Waals surface area contributed by atoms with Crippen LogP contribution in [0.4, 0.5) is 24.8 Å². The summed E-state index contributed by atoms with van der Waals surface area (Å²) in [6.07, 6.45) is -1.28. The SMILES string of the molecule is CC(NC(=O)c1cc(N2CCNCC2)ncn1)c1ncc(C(=O)Nc2cc(C(F)(F)F)c(Cl)cn2)s1. The van der Waals surface area contributed by atoms with Crippen LogP contribution in [0.2, 0.25) is 5.02 Å². The fourth-order valence-corrected chi connectivity index (χ4v) is 4.39. The fraction of sp³-hybridized carbons (Fsp3) is 0.333. The molecule has 2 amide bonds. The number of alkyl halides is 3. The maximum absolute atomic E-state index is 13.0. The minimum atomic E-state index is -4.69. The Morgan fingerprint density at radius 1 is 1.11 bits per heavy atom. The van der Waals surface area contributed by atoms with Crippen LogP contribution in [0.3, 0.4) is 0 Å². The van der Waals surface area contributed by atoms with Crippen molar-refractivity contribution in [3.63, 3.8) is 0 Å². The van der Waals surface area contributed by atoms with Gasteiger partial charge in [-0.1, -0.05) is 11.6 Å². The van der Waals surface area contributed by atoms with Crippen LogP contribution in [-0.2, 0) is 6.18 Å². The molecule has 0 radical (unpaired) electrons. The first-order valence-electron chi connectivity index (χ1n) is 10.7. The molecular formula is C21H20ClF3N8O2S. The summed E-state index contributed by atoms with van der Waals surface area (Å²) in [5, 5.41) is 8.18. The quantitative estimate of drug-likeness (QED) is 0.435. The molecule has 0 saturated carbocycles.